The molecule has 0 radical (unpaired) electrons. The summed E-state index contributed by atoms with van der Waals surface area (Å²) in [6.07, 6.45) is 10.1. The fourth-order valence-corrected chi connectivity index (χ4v) is 2.44. The van der Waals surface area contributed by atoms with Gasteiger partial charge in [-0.05, 0) is 50.9 Å². The Balaban J connectivity index is 0.00000121. The molecule has 1 unspecified atom stereocenters. The molecular weight excluding hydrogens is 206 g/mol. The zero-order valence-electron chi connectivity index (χ0n) is 12.3. The largest absolute Gasteiger partial charge is 0.299 e. The lowest BCUT2D eigenvalue weighted by molar-refractivity contribution is 0.346. The highest BCUT2D eigenvalue weighted by atomic mass is 15.1. The predicted octanol–water partition coefficient (Wildman–Crippen LogP) is 4.58. The third-order valence-electron chi connectivity index (χ3n) is 3.28. The van der Waals surface area contributed by atoms with E-state index in [1.165, 1.54) is 30.5 Å². The molecule has 0 aromatic heterocycles. The Kier molecular flexibility index (Phi) is 8.79. The Bertz CT molecular complexity index is 273. The minimum atomic E-state index is 0.606. The third kappa shape index (κ3) is 4.51. The van der Waals surface area contributed by atoms with Gasteiger partial charge in [-0.2, -0.15) is 0 Å². The van der Waals surface area contributed by atoms with Gasteiger partial charge in [-0.25, -0.2) is 0 Å². The number of hydrogen-bond acceptors (Lipinski definition) is 1. The van der Waals surface area contributed by atoms with Crippen LogP contribution in [0.5, 0.6) is 0 Å². The maximum atomic E-state index is 3.83. The molecule has 0 aliphatic carbocycles. The van der Waals surface area contributed by atoms with E-state index >= 15 is 0 Å². The summed E-state index contributed by atoms with van der Waals surface area (Å²) in [4.78, 5) is 2.45. The number of nitrogens with zero attached hydrogens (tertiary/aromatic N) is 1. The van der Waals surface area contributed by atoms with Gasteiger partial charge in [0.05, 0.1) is 0 Å². The highest BCUT2D eigenvalue weighted by molar-refractivity contribution is 5.37. The summed E-state index contributed by atoms with van der Waals surface area (Å²) >= 11 is 0. The summed E-state index contributed by atoms with van der Waals surface area (Å²) in [6.45, 7) is 13.4. The van der Waals surface area contributed by atoms with Crippen molar-refractivity contribution in [3.05, 3.63) is 36.0 Å². The molecule has 0 aromatic rings. The molecule has 1 nitrogen and oxygen atoms in total. The molecule has 0 saturated carbocycles. The molecule has 1 heterocycles. The lowest BCUT2D eigenvalue weighted by Crippen LogP contribution is -2.27. The molecule has 1 aliphatic heterocycles. The standard InChI is InChI=1S/C14H23N.C2H6/c1-5-9-13(12(6-2)7-3)14-10-8-11-15(14)4;1-2/h5-6,9,14H,1,7-8,10-11H2,2-4H3;1-2H3/b12-6-,13-9+;. The number of likely N-dealkylation sites (N-methyl/N-ethyl adjacent to an activating group) is 1. The van der Waals surface area contributed by atoms with Crippen molar-refractivity contribution in [2.24, 2.45) is 0 Å². The first-order chi connectivity index (χ1) is 8.24. The van der Waals surface area contributed by atoms with E-state index < -0.39 is 0 Å². The second kappa shape index (κ2) is 9.23. The van der Waals surface area contributed by atoms with Gasteiger partial charge in [-0.3, -0.25) is 4.90 Å². The van der Waals surface area contributed by atoms with Crippen molar-refractivity contribution >= 4 is 0 Å². The Labute approximate surface area is 108 Å². The smallest absolute Gasteiger partial charge is 0.0348 e. The second-order valence-electron chi connectivity index (χ2n) is 4.16. The van der Waals surface area contributed by atoms with Crippen molar-refractivity contribution in [1.29, 1.82) is 0 Å². The van der Waals surface area contributed by atoms with Crippen molar-refractivity contribution in [3.8, 4) is 0 Å². The summed E-state index contributed by atoms with van der Waals surface area (Å²) in [6, 6.07) is 0.606. The molecule has 0 amide bonds. The monoisotopic (exact) mass is 235 g/mol. The molecule has 0 spiro atoms. The minimum Gasteiger partial charge on any atom is -0.299 e. The minimum absolute atomic E-state index is 0.606. The number of hydrogen-bond donors (Lipinski definition) is 0. The molecule has 1 aliphatic rings. The Morgan fingerprint density at radius 3 is 2.41 bits per heavy atom. The molecule has 0 aromatic carbocycles. The molecule has 1 rings (SSSR count). The van der Waals surface area contributed by atoms with Gasteiger partial charge in [0.2, 0.25) is 0 Å². The maximum Gasteiger partial charge on any atom is 0.0348 e. The van der Waals surface area contributed by atoms with E-state index in [4.69, 9.17) is 0 Å². The average molecular weight is 235 g/mol. The molecule has 1 heteroatoms. The van der Waals surface area contributed by atoms with Gasteiger partial charge in [-0.1, -0.05) is 45.6 Å². The molecule has 1 saturated heterocycles. The van der Waals surface area contributed by atoms with Crippen LogP contribution < -0.4 is 0 Å². The van der Waals surface area contributed by atoms with E-state index in [-0.39, 0.29) is 0 Å². The van der Waals surface area contributed by atoms with Crippen molar-refractivity contribution in [1.82, 2.24) is 4.90 Å². The van der Waals surface area contributed by atoms with Crippen molar-refractivity contribution < 1.29 is 0 Å². The Morgan fingerprint density at radius 2 is 2.06 bits per heavy atom. The third-order valence-corrected chi connectivity index (χ3v) is 3.28. The van der Waals surface area contributed by atoms with Gasteiger partial charge in [0.15, 0.2) is 0 Å². The van der Waals surface area contributed by atoms with Gasteiger partial charge in [-0.15, -0.1) is 0 Å². The van der Waals surface area contributed by atoms with Crippen LogP contribution in [0.1, 0.15) is 47.0 Å². The van der Waals surface area contributed by atoms with Crippen LogP contribution in [0.3, 0.4) is 0 Å². The molecule has 98 valence electrons. The van der Waals surface area contributed by atoms with Gasteiger partial charge >= 0.3 is 0 Å². The quantitative estimate of drug-likeness (QED) is 0.645. The number of likely N-dealkylation sites (tertiary alicyclic amines) is 1. The normalized spacial score (nSPS) is 22.1. The molecule has 0 bridgehead atoms. The Morgan fingerprint density at radius 1 is 1.41 bits per heavy atom. The molecule has 17 heavy (non-hydrogen) atoms. The van der Waals surface area contributed by atoms with E-state index in [9.17, 15) is 0 Å². The van der Waals surface area contributed by atoms with Crippen LogP contribution in [-0.4, -0.2) is 24.5 Å². The van der Waals surface area contributed by atoms with Crippen LogP contribution in [0.4, 0.5) is 0 Å². The van der Waals surface area contributed by atoms with Crippen LogP contribution in [0, 0.1) is 0 Å². The number of rotatable bonds is 4. The van der Waals surface area contributed by atoms with E-state index in [2.05, 4.69) is 44.5 Å². The summed E-state index contributed by atoms with van der Waals surface area (Å²) in [5.41, 5.74) is 2.93. The van der Waals surface area contributed by atoms with E-state index in [1.54, 1.807) is 0 Å². The SMILES string of the molecule is C=C/C=C(\C(=C/C)CC)C1CCCN1C.CC. The highest BCUT2D eigenvalue weighted by Gasteiger charge is 2.25. The highest BCUT2D eigenvalue weighted by Crippen LogP contribution is 2.28. The summed E-state index contributed by atoms with van der Waals surface area (Å²) in [5, 5.41) is 0. The predicted molar refractivity (Wildman–Crippen MR) is 79.3 cm³/mol. The summed E-state index contributed by atoms with van der Waals surface area (Å²) < 4.78 is 0. The first-order valence-corrected chi connectivity index (χ1v) is 6.93. The van der Waals surface area contributed by atoms with Crippen LogP contribution in [-0.2, 0) is 0 Å². The summed E-state index contributed by atoms with van der Waals surface area (Å²) in [5.74, 6) is 0. The van der Waals surface area contributed by atoms with Crippen LogP contribution in [0.2, 0.25) is 0 Å². The van der Waals surface area contributed by atoms with Crippen molar-refractivity contribution in [3.63, 3.8) is 0 Å². The van der Waals surface area contributed by atoms with Gasteiger partial charge in [0.25, 0.3) is 0 Å². The van der Waals surface area contributed by atoms with E-state index in [1.807, 2.05) is 19.9 Å². The van der Waals surface area contributed by atoms with E-state index in [0.29, 0.717) is 6.04 Å². The lowest BCUT2D eigenvalue weighted by Gasteiger charge is -2.24. The zero-order valence-corrected chi connectivity index (χ0v) is 12.3. The van der Waals surface area contributed by atoms with Crippen LogP contribution in [0.25, 0.3) is 0 Å². The van der Waals surface area contributed by atoms with Gasteiger partial charge in [0.1, 0.15) is 0 Å². The molecule has 1 fully saturated rings. The van der Waals surface area contributed by atoms with Crippen molar-refractivity contribution in [2.75, 3.05) is 13.6 Å². The maximum absolute atomic E-state index is 3.83. The Hall–Kier alpha value is -0.820. The topological polar surface area (TPSA) is 3.24 Å². The lowest BCUT2D eigenvalue weighted by atomic mass is 9.94. The first-order valence-electron chi connectivity index (χ1n) is 6.93. The van der Waals surface area contributed by atoms with Gasteiger partial charge < -0.3 is 0 Å². The van der Waals surface area contributed by atoms with Crippen LogP contribution >= 0.6 is 0 Å². The van der Waals surface area contributed by atoms with Crippen molar-refractivity contribution in [2.45, 2.75) is 53.0 Å². The summed E-state index contributed by atoms with van der Waals surface area (Å²) in [7, 11) is 2.22. The average Bonchev–Trinajstić information content (AvgIpc) is 2.78. The molecule has 0 N–H and O–H groups in total. The molecular formula is C16H29N. The fourth-order valence-electron chi connectivity index (χ4n) is 2.44. The zero-order chi connectivity index (χ0) is 13.3. The molecule has 1 atom stereocenters. The first kappa shape index (κ1) is 16.2. The van der Waals surface area contributed by atoms with E-state index in [0.717, 1.165) is 6.42 Å². The van der Waals surface area contributed by atoms with Crippen LogP contribution in [0.15, 0.2) is 36.0 Å². The second-order valence-corrected chi connectivity index (χ2v) is 4.16. The number of allylic oxidation sites excluding steroid dienone is 3. The fraction of sp³-hybridized carbons (Fsp3) is 0.625. The van der Waals surface area contributed by atoms with Gasteiger partial charge in [0, 0.05) is 6.04 Å².